The van der Waals surface area contributed by atoms with Crippen LogP contribution in [0.25, 0.3) is 0 Å². The van der Waals surface area contributed by atoms with E-state index in [0.717, 1.165) is 48.8 Å². The van der Waals surface area contributed by atoms with Crippen LogP contribution in [0.1, 0.15) is 90.6 Å². The maximum absolute atomic E-state index is 12.6. The van der Waals surface area contributed by atoms with Gasteiger partial charge in [-0.25, -0.2) is 18.6 Å². The molecule has 0 aliphatic carbocycles. The number of aryl methyl sites for hydroxylation is 1. The number of thiophene rings is 1. The first-order valence-electron chi connectivity index (χ1n) is 11.0. The minimum absolute atomic E-state index is 0.0810. The first-order valence-corrected chi connectivity index (χ1v) is 11.9. The van der Waals surface area contributed by atoms with Crippen LogP contribution >= 0.6 is 11.3 Å². The predicted octanol–water partition coefficient (Wildman–Crippen LogP) is 8.23. The molecule has 34 heavy (non-hydrogen) atoms. The number of ketones is 1. The van der Waals surface area contributed by atoms with Gasteiger partial charge in [0.05, 0.1) is 5.56 Å². The molecule has 1 aromatic carbocycles. The van der Waals surface area contributed by atoms with Gasteiger partial charge in [-0.05, 0) is 52.0 Å². The molecule has 0 radical (unpaired) electrons. The van der Waals surface area contributed by atoms with Gasteiger partial charge in [0.2, 0.25) is 0 Å². The molecule has 0 saturated heterocycles. The predicted molar refractivity (Wildman–Crippen MR) is 138 cm³/mol. The van der Waals surface area contributed by atoms with Gasteiger partial charge in [0.1, 0.15) is 9.88 Å². The monoisotopic (exact) mass is 491 g/mol. The molecule has 0 fully saturated rings. The van der Waals surface area contributed by atoms with Crippen LogP contribution in [0.15, 0.2) is 29.3 Å². The molecule has 2 aromatic rings. The van der Waals surface area contributed by atoms with E-state index in [0.29, 0.717) is 22.0 Å². The molecule has 0 bridgehead atoms. The number of carboxylic acid groups (broad SMARTS) is 1. The number of carbonyl (C=O) groups is 2. The third-order valence-corrected chi connectivity index (χ3v) is 6.37. The molecule has 4 nitrogen and oxygen atoms in total. The number of Topliss-reactive ketones (excluding diaryl/α,β-unsaturated/α-hetero) is 1. The second kappa shape index (κ2) is 14.4. The van der Waals surface area contributed by atoms with Gasteiger partial charge in [-0.3, -0.25) is 4.79 Å². The van der Waals surface area contributed by atoms with Crippen molar-refractivity contribution in [1.29, 1.82) is 0 Å². The molecule has 0 saturated carbocycles. The van der Waals surface area contributed by atoms with Gasteiger partial charge in [0.15, 0.2) is 5.78 Å². The Morgan fingerprint density at radius 2 is 1.76 bits per heavy atom. The largest absolute Gasteiger partial charge is 0.477 e. The van der Waals surface area contributed by atoms with Crippen LogP contribution in [0.5, 0.6) is 0 Å². The fourth-order valence-electron chi connectivity index (χ4n) is 3.42. The molecule has 1 aromatic heterocycles. The van der Waals surface area contributed by atoms with Crippen molar-refractivity contribution < 1.29 is 23.5 Å². The SMILES string of the molecule is C#C.CCCC(CC)/C(C)=N/c1sc(C(=O)O)c(C)c1C(C)=O.Cc1cccc(C(C)(F)F)c1. The molecule has 1 N–H and O–H groups in total. The van der Waals surface area contributed by atoms with Crippen molar-refractivity contribution in [3.63, 3.8) is 0 Å². The molecule has 1 atom stereocenters. The lowest BCUT2D eigenvalue weighted by molar-refractivity contribution is 0.0174. The number of carbonyl (C=O) groups excluding carboxylic acids is 1. The molecule has 0 spiro atoms. The van der Waals surface area contributed by atoms with Crippen molar-refractivity contribution in [3.05, 3.63) is 51.4 Å². The Hall–Kier alpha value is -2.85. The van der Waals surface area contributed by atoms with Crippen LogP contribution in [0, 0.1) is 32.6 Å². The van der Waals surface area contributed by atoms with Crippen LogP contribution in [0.4, 0.5) is 13.8 Å². The summed E-state index contributed by atoms with van der Waals surface area (Å²) in [5, 5.41) is 9.74. The summed E-state index contributed by atoms with van der Waals surface area (Å²) >= 11 is 1.09. The third-order valence-electron chi connectivity index (χ3n) is 5.20. The second-order valence-electron chi connectivity index (χ2n) is 8.00. The number of rotatable bonds is 8. The number of terminal acetylenes is 1. The van der Waals surface area contributed by atoms with Crippen molar-refractivity contribution in [2.75, 3.05) is 0 Å². The zero-order valence-electron chi connectivity index (χ0n) is 21.0. The van der Waals surface area contributed by atoms with Crippen molar-refractivity contribution in [3.8, 4) is 12.8 Å². The number of aliphatic imine (C=N–C) groups is 1. The summed E-state index contributed by atoms with van der Waals surface area (Å²) in [4.78, 5) is 27.8. The number of aromatic carboxylic acids is 1. The summed E-state index contributed by atoms with van der Waals surface area (Å²) in [5.74, 6) is -3.47. The van der Waals surface area contributed by atoms with Crippen molar-refractivity contribution in [1.82, 2.24) is 0 Å². The van der Waals surface area contributed by atoms with Gasteiger partial charge >= 0.3 is 5.97 Å². The van der Waals surface area contributed by atoms with E-state index in [2.05, 4.69) is 31.7 Å². The molecule has 7 heteroatoms. The quantitative estimate of drug-likeness (QED) is 0.230. The summed E-state index contributed by atoms with van der Waals surface area (Å²) in [6.45, 7) is 12.1. The molecular formula is C27H35F2NO3S. The second-order valence-corrected chi connectivity index (χ2v) is 9.00. The highest BCUT2D eigenvalue weighted by atomic mass is 32.1. The van der Waals surface area contributed by atoms with Crippen LogP contribution < -0.4 is 0 Å². The average molecular weight is 492 g/mol. The van der Waals surface area contributed by atoms with Crippen molar-refractivity contribution in [2.24, 2.45) is 10.9 Å². The standard InChI is InChI=1S/C16H23NO3S.C9H10F2.C2H2/c1-6-8-12(7-2)10(4)17-15-13(11(5)18)9(3)14(21-15)16(19)20;1-7-4-3-5-8(6-7)9(2,10)11;1-2/h12H,6-8H2,1-5H3,(H,19,20);3-6H,1-2H3;1-2H/b17-10+;;. The van der Waals surface area contributed by atoms with E-state index in [-0.39, 0.29) is 16.2 Å². The summed E-state index contributed by atoms with van der Waals surface area (Å²) in [7, 11) is 0. The number of alkyl halides is 2. The fraction of sp³-hybridized carbons (Fsp3) is 0.444. The molecular weight excluding hydrogens is 456 g/mol. The number of halogens is 2. The number of benzene rings is 1. The Morgan fingerprint density at radius 1 is 1.18 bits per heavy atom. The lowest BCUT2D eigenvalue weighted by Crippen LogP contribution is -2.09. The highest BCUT2D eigenvalue weighted by Crippen LogP contribution is 2.36. The highest BCUT2D eigenvalue weighted by Gasteiger charge is 2.24. The number of hydrogen-bond acceptors (Lipinski definition) is 4. The average Bonchev–Trinajstić information content (AvgIpc) is 3.09. The van der Waals surface area contributed by atoms with E-state index in [9.17, 15) is 23.5 Å². The number of nitrogens with zero attached hydrogens (tertiary/aromatic N) is 1. The fourth-order valence-corrected chi connectivity index (χ4v) is 4.55. The lowest BCUT2D eigenvalue weighted by Gasteiger charge is -2.13. The Labute approximate surface area is 206 Å². The smallest absolute Gasteiger partial charge is 0.346 e. The molecule has 1 unspecified atom stereocenters. The zero-order chi connectivity index (χ0) is 26.6. The first-order chi connectivity index (χ1) is 15.8. The third kappa shape index (κ3) is 9.18. The molecule has 186 valence electrons. The Balaban J connectivity index is 0.000000701. The number of carboxylic acids is 1. The Morgan fingerprint density at radius 3 is 2.15 bits per heavy atom. The van der Waals surface area contributed by atoms with E-state index in [1.165, 1.54) is 19.1 Å². The minimum atomic E-state index is -2.72. The van der Waals surface area contributed by atoms with Gasteiger partial charge in [0, 0.05) is 18.2 Å². The van der Waals surface area contributed by atoms with E-state index >= 15 is 0 Å². The van der Waals surface area contributed by atoms with Crippen LogP contribution in [-0.2, 0) is 5.92 Å². The van der Waals surface area contributed by atoms with Crippen LogP contribution in [-0.4, -0.2) is 22.6 Å². The summed E-state index contributed by atoms with van der Waals surface area (Å²) in [6.07, 6.45) is 11.1. The summed E-state index contributed by atoms with van der Waals surface area (Å²) < 4.78 is 25.3. The van der Waals surface area contributed by atoms with E-state index in [1.54, 1.807) is 26.0 Å². The Bertz CT molecular complexity index is 1020. The minimum Gasteiger partial charge on any atom is -0.477 e. The van der Waals surface area contributed by atoms with Crippen LogP contribution in [0.2, 0.25) is 0 Å². The molecule has 2 rings (SSSR count). The first kappa shape index (κ1) is 31.1. The van der Waals surface area contributed by atoms with Gasteiger partial charge < -0.3 is 5.11 Å². The topological polar surface area (TPSA) is 66.7 Å². The highest BCUT2D eigenvalue weighted by molar-refractivity contribution is 7.18. The molecule has 0 amide bonds. The summed E-state index contributed by atoms with van der Waals surface area (Å²) in [5.41, 5.74) is 2.89. The summed E-state index contributed by atoms with van der Waals surface area (Å²) in [6, 6.07) is 6.38. The van der Waals surface area contributed by atoms with E-state index < -0.39 is 11.9 Å². The van der Waals surface area contributed by atoms with Crippen molar-refractivity contribution in [2.45, 2.75) is 73.7 Å². The Kier molecular flexibility index (Phi) is 13.2. The lowest BCUT2D eigenvalue weighted by atomic mass is 9.96. The maximum atomic E-state index is 12.6. The molecule has 1 heterocycles. The van der Waals surface area contributed by atoms with E-state index in [1.807, 2.05) is 6.92 Å². The molecule has 0 aliphatic rings. The van der Waals surface area contributed by atoms with Gasteiger partial charge in [0.25, 0.3) is 5.92 Å². The zero-order valence-corrected chi connectivity index (χ0v) is 21.9. The van der Waals surface area contributed by atoms with Gasteiger partial charge in [-0.15, -0.1) is 24.2 Å². The molecule has 0 aliphatic heterocycles. The number of hydrogen-bond donors (Lipinski definition) is 1. The van der Waals surface area contributed by atoms with Crippen molar-refractivity contribution >= 4 is 33.8 Å². The van der Waals surface area contributed by atoms with Crippen LogP contribution in [0.3, 0.4) is 0 Å². The van der Waals surface area contributed by atoms with Gasteiger partial charge in [-0.2, -0.15) is 0 Å². The maximum Gasteiger partial charge on any atom is 0.346 e. The normalized spacial score (nSPS) is 12.0. The van der Waals surface area contributed by atoms with E-state index in [4.69, 9.17) is 0 Å². The van der Waals surface area contributed by atoms with Gasteiger partial charge in [-0.1, -0.05) is 50.1 Å².